The van der Waals surface area contributed by atoms with Crippen LogP contribution in [0.1, 0.15) is 43.0 Å². The highest BCUT2D eigenvalue weighted by Crippen LogP contribution is 2.26. The van der Waals surface area contributed by atoms with Crippen LogP contribution in [0.4, 0.5) is 11.4 Å². The summed E-state index contributed by atoms with van der Waals surface area (Å²) in [6.07, 6.45) is 4.22. The lowest BCUT2D eigenvalue weighted by Gasteiger charge is -2.28. The Morgan fingerprint density at radius 1 is 1.38 bits per heavy atom. The van der Waals surface area contributed by atoms with Crippen molar-refractivity contribution in [2.45, 2.75) is 38.6 Å². The van der Waals surface area contributed by atoms with Crippen molar-refractivity contribution in [2.24, 2.45) is 0 Å². The first-order valence-corrected chi connectivity index (χ1v) is 7.31. The van der Waals surface area contributed by atoms with Crippen molar-refractivity contribution < 1.29 is 9.72 Å². The number of hydrogen-bond donors (Lipinski definition) is 1. The van der Waals surface area contributed by atoms with Gasteiger partial charge in [0, 0.05) is 37.5 Å². The standard InChI is InChI=1S/C15H21N3O3/c1-11-6-4-3-5-9-17(11)15(19)13-10-12(18(20)21)7-8-14(13)16-2/h7-8,10-11,16H,3-6,9H2,1-2H3. The van der Waals surface area contributed by atoms with Gasteiger partial charge in [-0.2, -0.15) is 0 Å². The Bertz CT molecular complexity index is 545. The molecule has 1 aromatic carbocycles. The molecule has 1 unspecified atom stereocenters. The predicted molar refractivity (Wildman–Crippen MR) is 81.6 cm³/mol. The highest BCUT2D eigenvalue weighted by Gasteiger charge is 2.26. The van der Waals surface area contributed by atoms with E-state index in [-0.39, 0.29) is 17.6 Å². The van der Waals surface area contributed by atoms with Crippen LogP contribution in [0.25, 0.3) is 0 Å². The van der Waals surface area contributed by atoms with Gasteiger partial charge in [-0.25, -0.2) is 0 Å². The van der Waals surface area contributed by atoms with Crippen LogP contribution in [0.15, 0.2) is 18.2 Å². The van der Waals surface area contributed by atoms with E-state index in [9.17, 15) is 14.9 Å². The molecule has 0 aromatic heterocycles. The molecule has 1 atom stereocenters. The summed E-state index contributed by atoms with van der Waals surface area (Å²) < 4.78 is 0. The van der Waals surface area contributed by atoms with Gasteiger partial charge < -0.3 is 10.2 Å². The van der Waals surface area contributed by atoms with Gasteiger partial charge in [-0.1, -0.05) is 12.8 Å². The molecule has 1 aliphatic heterocycles. The molecule has 2 rings (SSSR count). The van der Waals surface area contributed by atoms with Gasteiger partial charge in [0.1, 0.15) is 0 Å². The van der Waals surface area contributed by atoms with E-state index in [0.717, 1.165) is 25.7 Å². The Labute approximate surface area is 124 Å². The summed E-state index contributed by atoms with van der Waals surface area (Å²) in [6.45, 7) is 2.76. The van der Waals surface area contributed by atoms with Crippen LogP contribution in [-0.2, 0) is 0 Å². The summed E-state index contributed by atoms with van der Waals surface area (Å²) in [6, 6.07) is 4.54. The van der Waals surface area contributed by atoms with Gasteiger partial charge in [-0.05, 0) is 25.8 Å². The first kappa shape index (κ1) is 15.3. The lowest BCUT2D eigenvalue weighted by molar-refractivity contribution is -0.384. The first-order chi connectivity index (χ1) is 10.0. The second kappa shape index (κ2) is 6.56. The molecule has 1 heterocycles. The van der Waals surface area contributed by atoms with Crippen LogP contribution in [0.3, 0.4) is 0 Å². The van der Waals surface area contributed by atoms with Crippen molar-refractivity contribution >= 4 is 17.3 Å². The molecule has 0 aliphatic carbocycles. The van der Waals surface area contributed by atoms with Crippen LogP contribution >= 0.6 is 0 Å². The third-order valence-corrected chi connectivity index (χ3v) is 4.03. The average molecular weight is 291 g/mol. The smallest absolute Gasteiger partial charge is 0.270 e. The van der Waals surface area contributed by atoms with Gasteiger partial charge in [0.15, 0.2) is 0 Å². The van der Waals surface area contributed by atoms with Gasteiger partial charge >= 0.3 is 0 Å². The summed E-state index contributed by atoms with van der Waals surface area (Å²) in [4.78, 5) is 25.1. The monoisotopic (exact) mass is 291 g/mol. The van der Waals surface area contributed by atoms with E-state index in [0.29, 0.717) is 17.8 Å². The maximum absolute atomic E-state index is 12.8. The van der Waals surface area contributed by atoms with Crippen LogP contribution in [0.5, 0.6) is 0 Å². The predicted octanol–water partition coefficient (Wildman–Crippen LogP) is 3.04. The minimum absolute atomic E-state index is 0.0557. The second-order valence-electron chi connectivity index (χ2n) is 5.43. The maximum Gasteiger partial charge on any atom is 0.270 e. The number of non-ortho nitro benzene ring substituents is 1. The van der Waals surface area contributed by atoms with Crippen LogP contribution in [0.2, 0.25) is 0 Å². The quantitative estimate of drug-likeness (QED) is 0.686. The van der Waals surface area contributed by atoms with Gasteiger partial charge in [0.05, 0.1) is 10.5 Å². The number of nitro groups is 1. The Balaban J connectivity index is 2.36. The molecule has 6 heteroatoms. The SMILES string of the molecule is CNc1ccc([N+](=O)[O-])cc1C(=O)N1CCCCCC1C. The van der Waals surface area contributed by atoms with Crippen LogP contribution in [0, 0.1) is 10.1 Å². The van der Waals surface area contributed by atoms with Crippen molar-refractivity contribution in [1.29, 1.82) is 0 Å². The topological polar surface area (TPSA) is 75.5 Å². The van der Waals surface area contributed by atoms with Gasteiger partial charge in [-0.15, -0.1) is 0 Å². The zero-order valence-electron chi connectivity index (χ0n) is 12.5. The molecule has 21 heavy (non-hydrogen) atoms. The fourth-order valence-electron chi connectivity index (χ4n) is 2.77. The van der Waals surface area contributed by atoms with E-state index in [4.69, 9.17) is 0 Å². The third kappa shape index (κ3) is 3.32. The Morgan fingerprint density at radius 3 is 2.81 bits per heavy atom. The minimum Gasteiger partial charge on any atom is -0.387 e. The number of hydrogen-bond acceptors (Lipinski definition) is 4. The fraction of sp³-hybridized carbons (Fsp3) is 0.533. The van der Waals surface area contributed by atoms with Gasteiger partial charge in [-0.3, -0.25) is 14.9 Å². The molecular formula is C15H21N3O3. The summed E-state index contributed by atoms with van der Waals surface area (Å²) >= 11 is 0. The Morgan fingerprint density at radius 2 is 2.14 bits per heavy atom. The van der Waals surface area contributed by atoms with E-state index in [1.807, 2.05) is 11.8 Å². The van der Waals surface area contributed by atoms with Crippen molar-refractivity contribution in [3.05, 3.63) is 33.9 Å². The molecule has 1 N–H and O–H groups in total. The molecule has 0 bridgehead atoms. The summed E-state index contributed by atoms with van der Waals surface area (Å²) in [7, 11) is 1.71. The largest absolute Gasteiger partial charge is 0.387 e. The minimum atomic E-state index is -0.470. The van der Waals surface area contributed by atoms with Crippen molar-refractivity contribution in [1.82, 2.24) is 4.90 Å². The number of carbonyl (C=O) groups excluding carboxylic acids is 1. The van der Waals surface area contributed by atoms with E-state index >= 15 is 0 Å². The number of anilines is 1. The summed E-state index contributed by atoms with van der Waals surface area (Å²) in [5.74, 6) is -0.127. The number of likely N-dealkylation sites (tertiary alicyclic amines) is 1. The number of nitrogens with zero attached hydrogens (tertiary/aromatic N) is 2. The molecule has 114 valence electrons. The Hall–Kier alpha value is -2.11. The molecule has 1 aliphatic rings. The van der Waals surface area contributed by atoms with E-state index in [1.54, 1.807) is 13.1 Å². The maximum atomic E-state index is 12.8. The molecular weight excluding hydrogens is 270 g/mol. The molecule has 1 aromatic rings. The molecule has 0 radical (unpaired) electrons. The van der Waals surface area contributed by atoms with Gasteiger partial charge in [0.25, 0.3) is 11.6 Å². The molecule has 1 saturated heterocycles. The molecule has 6 nitrogen and oxygen atoms in total. The van der Waals surface area contributed by atoms with E-state index in [1.165, 1.54) is 12.1 Å². The Kier molecular flexibility index (Phi) is 4.77. The molecule has 1 fully saturated rings. The van der Waals surface area contributed by atoms with E-state index in [2.05, 4.69) is 5.32 Å². The van der Waals surface area contributed by atoms with E-state index < -0.39 is 4.92 Å². The number of benzene rings is 1. The molecule has 0 spiro atoms. The number of nitro benzene ring substituents is 1. The average Bonchev–Trinajstić information content (AvgIpc) is 2.70. The van der Waals surface area contributed by atoms with Crippen molar-refractivity contribution in [2.75, 3.05) is 18.9 Å². The third-order valence-electron chi connectivity index (χ3n) is 4.03. The normalized spacial score (nSPS) is 19.0. The molecule has 0 saturated carbocycles. The number of carbonyl (C=O) groups is 1. The van der Waals surface area contributed by atoms with Crippen molar-refractivity contribution in [3.8, 4) is 0 Å². The number of rotatable bonds is 3. The van der Waals surface area contributed by atoms with Crippen molar-refractivity contribution in [3.63, 3.8) is 0 Å². The zero-order chi connectivity index (χ0) is 15.4. The summed E-state index contributed by atoms with van der Waals surface area (Å²) in [5, 5.41) is 13.9. The second-order valence-corrected chi connectivity index (χ2v) is 5.43. The lowest BCUT2D eigenvalue weighted by atomic mass is 10.1. The zero-order valence-corrected chi connectivity index (χ0v) is 12.5. The lowest BCUT2D eigenvalue weighted by Crippen LogP contribution is -2.38. The van der Waals surface area contributed by atoms with Gasteiger partial charge in [0.2, 0.25) is 0 Å². The highest BCUT2D eigenvalue weighted by atomic mass is 16.6. The fourth-order valence-corrected chi connectivity index (χ4v) is 2.77. The number of nitrogens with one attached hydrogen (secondary N) is 1. The highest BCUT2D eigenvalue weighted by molar-refractivity contribution is 6.00. The van der Waals surface area contributed by atoms with Crippen LogP contribution < -0.4 is 5.32 Å². The number of amides is 1. The molecule has 1 amide bonds. The first-order valence-electron chi connectivity index (χ1n) is 7.31. The summed E-state index contributed by atoms with van der Waals surface area (Å²) in [5.41, 5.74) is 0.947. The van der Waals surface area contributed by atoms with Crippen LogP contribution in [-0.4, -0.2) is 35.4 Å².